The first-order chi connectivity index (χ1) is 11.6. The molecule has 1 aliphatic heterocycles. The summed E-state index contributed by atoms with van der Waals surface area (Å²) >= 11 is 0. The Bertz CT molecular complexity index is 622. The number of fused-ring (bicyclic) bond motifs is 1. The molecule has 1 aliphatic carbocycles. The number of benzene rings is 1. The van der Waals surface area contributed by atoms with Crippen LogP contribution >= 0.6 is 0 Å². The van der Waals surface area contributed by atoms with E-state index in [1.165, 1.54) is 18.2 Å². The number of piperidine rings is 1. The number of carbonyl (C=O) groups is 2. The van der Waals surface area contributed by atoms with Gasteiger partial charge in [-0.1, -0.05) is 6.07 Å². The standard InChI is InChI=1S/C18H23FN2O3/c1-24-10-12-8-17(22)21-16-9-14(5-6-15(12)16)20-18(23)11-3-2-4-13(19)7-11/h2-4,7,12,14-16H,5-6,8-10H2,1H3,(H,20,23)(H,21,22). The van der Waals surface area contributed by atoms with Crippen LogP contribution < -0.4 is 10.6 Å². The summed E-state index contributed by atoms with van der Waals surface area (Å²) in [5, 5.41) is 6.02. The Morgan fingerprint density at radius 1 is 1.42 bits per heavy atom. The van der Waals surface area contributed by atoms with Crippen LogP contribution in [0.25, 0.3) is 0 Å². The lowest BCUT2D eigenvalue weighted by Crippen LogP contribution is -2.56. The average molecular weight is 334 g/mol. The average Bonchev–Trinajstić information content (AvgIpc) is 2.54. The lowest BCUT2D eigenvalue weighted by atomic mass is 9.71. The van der Waals surface area contributed by atoms with Gasteiger partial charge < -0.3 is 15.4 Å². The lowest BCUT2D eigenvalue weighted by molar-refractivity contribution is -0.128. The number of halogens is 1. The minimum atomic E-state index is -0.423. The molecule has 1 heterocycles. The van der Waals surface area contributed by atoms with Gasteiger partial charge in [-0.3, -0.25) is 9.59 Å². The van der Waals surface area contributed by atoms with E-state index in [0.29, 0.717) is 30.9 Å². The maximum Gasteiger partial charge on any atom is 0.251 e. The molecule has 0 bridgehead atoms. The fourth-order valence-electron chi connectivity index (χ4n) is 4.01. The molecule has 1 aromatic carbocycles. The molecule has 4 atom stereocenters. The monoisotopic (exact) mass is 334 g/mol. The normalized spacial score (nSPS) is 29.5. The van der Waals surface area contributed by atoms with Crippen molar-refractivity contribution in [3.05, 3.63) is 35.6 Å². The van der Waals surface area contributed by atoms with E-state index in [1.54, 1.807) is 13.2 Å². The van der Waals surface area contributed by atoms with Crippen molar-refractivity contribution < 1.29 is 18.7 Å². The van der Waals surface area contributed by atoms with Gasteiger partial charge in [0.05, 0.1) is 0 Å². The van der Waals surface area contributed by atoms with E-state index in [4.69, 9.17) is 4.74 Å². The van der Waals surface area contributed by atoms with Gasteiger partial charge in [-0.2, -0.15) is 0 Å². The van der Waals surface area contributed by atoms with E-state index in [-0.39, 0.29) is 29.8 Å². The number of rotatable bonds is 4. The number of ether oxygens (including phenoxy) is 1. The molecule has 1 saturated heterocycles. The Morgan fingerprint density at radius 2 is 2.25 bits per heavy atom. The van der Waals surface area contributed by atoms with Gasteiger partial charge in [0.1, 0.15) is 5.82 Å². The number of carbonyl (C=O) groups excluding carboxylic acids is 2. The molecule has 5 nitrogen and oxygen atoms in total. The molecule has 2 fully saturated rings. The van der Waals surface area contributed by atoms with Crippen molar-refractivity contribution in [1.82, 2.24) is 10.6 Å². The summed E-state index contributed by atoms with van der Waals surface area (Å²) < 4.78 is 18.5. The number of nitrogens with one attached hydrogen (secondary N) is 2. The minimum Gasteiger partial charge on any atom is -0.384 e. The second-order valence-corrected chi connectivity index (χ2v) is 6.75. The third-order valence-electron chi connectivity index (χ3n) is 5.11. The minimum absolute atomic E-state index is 0.0105. The summed E-state index contributed by atoms with van der Waals surface area (Å²) in [6, 6.07) is 5.73. The van der Waals surface area contributed by atoms with E-state index in [2.05, 4.69) is 10.6 Å². The molecule has 0 aromatic heterocycles. The van der Waals surface area contributed by atoms with Crippen molar-refractivity contribution in [3.8, 4) is 0 Å². The van der Waals surface area contributed by atoms with Crippen molar-refractivity contribution in [3.63, 3.8) is 0 Å². The molecule has 130 valence electrons. The van der Waals surface area contributed by atoms with Crippen LogP contribution in [0.15, 0.2) is 24.3 Å². The van der Waals surface area contributed by atoms with Gasteiger partial charge in [-0.25, -0.2) is 4.39 Å². The fourth-order valence-corrected chi connectivity index (χ4v) is 4.01. The van der Waals surface area contributed by atoms with Crippen molar-refractivity contribution in [2.75, 3.05) is 13.7 Å². The Morgan fingerprint density at radius 3 is 3.00 bits per heavy atom. The van der Waals surface area contributed by atoms with Crippen molar-refractivity contribution in [2.45, 2.75) is 37.8 Å². The van der Waals surface area contributed by atoms with E-state index >= 15 is 0 Å². The molecule has 2 amide bonds. The van der Waals surface area contributed by atoms with Crippen LogP contribution in [0, 0.1) is 17.7 Å². The Balaban J connectivity index is 1.62. The molecule has 24 heavy (non-hydrogen) atoms. The van der Waals surface area contributed by atoms with E-state index in [1.807, 2.05) is 0 Å². The fraction of sp³-hybridized carbons (Fsp3) is 0.556. The second kappa shape index (κ2) is 7.30. The van der Waals surface area contributed by atoms with Crippen molar-refractivity contribution in [1.29, 1.82) is 0 Å². The molecule has 2 aliphatic rings. The molecule has 0 radical (unpaired) electrons. The summed E-state index contributed by atoms with van der Waals surface area (Å²) in [6.07, 6.45) is 3.01. The maximum absolute atomic E-state index is 13.2. The van der Waals surface area contributed by atoms with Crippen LogP contribution in [0.2, 0.25) is 0 Å². The van der Waals surface area contributed by atoms with Gasteiger partial charge in [0.15, 0.2) is 0 Å². The SMILES string of the molecule is COCC1CC(=O)NC2CC(NC(=O)c3cccc(F)c3)CCC12. The summed E-state index contributed by atoms with van der Waals surface area (Å²) in [7, 11) is 1.66. The zero-order chi connectivity index (χ0) is 17.1. The molecule has 1 saturated carbocycles. The number of hydrogen-bond donors (Lipinski definition) is 2. The summed E-state index contributed by atoms with van der Waals surface area (Å²) in [5.41, 5.74) is 0.321. The second-order valence-electron chi connectivity index (χ2n) is 6.75. The van der Waals surface area contributed by atoms with Gasteiger partial charge in [-0.05, 0) is 49.3 Å². The van der Waals surface area contributed by atoms with Crippen molar-refractivity contribution in [2.24, 2.45) is 11.8 Å². The van der Waals surface area contributed by atoms with Crippen LogP contribution in [0.3, 0.4) is 0 Å². The van der Waals surface area contributed by atoms with E-state index < -0.39 is 5.82 Å². The van der Waals surface area contributed by atoms with Gasteiger partial charge in [0.25, 0.3) is 5.91 Å². The van der Waals surface area contributed by atoms with Crippen LogP contribution in [0.5, 0.6) is 0 Å². The third-order valence-corrected chi connectivity index (χ3v) is 5.11. The van der Waals surface area contributed by atoms with E-state index in [0.717, 1.165) is 12.8 Å². The highest BCUT2D eigenvalue weighted by molar-refractivity contribution is 5.94. The van der Waals surface area contributed by atoms with Gasteiger partial charge in [0.2, 0.25) is 5.91 Å². The van der Waals surface area contributed by atoms with Gasteiger partial charge >= 0.3 is 0 Å². The Hall–Kier alpha value is -1.95. The quantitative estimate of drug-likeness (QED) is 0.883. The first-order valence-corrected chi connectivity index (χ1v) is 8.41. The first kappa shape index (κ1) is 16.9. The van der Waals surface area contributed by atoms with E-state index in [9.17, 15) is 14.0 Å². The summed E-state index contributed by atoms with van der Waals surface area (Å²) in [6.45, 7) is 0.592. The predicted octanol–water partition coefficient (Wildman–Crippen LogP) is 1.88. The van der Waals surface area contributed by atoms with Crippen molar-refractivity contribution >= 4 is 11.8 Å². The van der Waals surface area contributed by atoms with Gasteiger partial charge in [0, 0.05) is 37.8 Å². The topological polar surface area (TPSA) is 67.4 Å². The highest BCUT2D eigenvalue weighted by atomic mass is 19.1. The zero-order valence-corrected chi connectivity index (χ0v) is 13.8. The van der Waals surface area contributed by atoms with Gasteiger partial charge in [-0.15, -0.1) is 0 Å². The first-order valence-electron chi connectivity index (χ1n) is 8.41. The maximum atomic E-state index is 13.2. The van der Waals surface area contributed by atoms with Crippen LogP contribution in [-0.2, 0) is 9.53 Å². The van der Waals surface area contributed by atoms with Crippen LogP contribution in [-0.4, -0.2) is 37.6 Å². The molecule has 6 heteroatoms. The molecule has 0 spiro atoms. The molecule has 1 aromatic rings. The lowest BCUT2D eigenvalue weighted by Gasteiger charge is -2.43. The molecule has 3 rings (SSSR count). The molecule has 4 unspecified atom stereocenters. The molecular weight excluding hydrogens is 311 g/mol. The summed E-state index contributed by atoms with van der Waals surface area (Å²) in [5.74, 6) is -0.00386. The zero-order valence-electron chi connectivity index (χ0n) is 13.8. The van der Waals surface area contributed by atoms with Crippen LogP contribution in [0.4, 0.5) is 4.39 Å². The summed E-state index contributed by atoms with van der Waals surface area (Å²) in [4.78, 5) is 24.2. The number of hydrogen-bond acceptors (Lipinski definition) is 3. The third kappa shape index (κ3) is 3.75. The molecule has 2 N–H and O–H groups in total. The van der Waals surface area contributed by atoms with Crippen LogP contribution in [0.1, 0.15) is 36.0 Å². The molecular formula is C18H23FN2O3. The highest BCUT2D eigenvalue weighted by Gasteiger charge is 2.40. The number of amides is 2. The number of methoxy groups -OCH3 is 1. The Kier molecular flexibility index (Phi) is 5.14. The largest absolute Gasteiger partial charge is 0.384 e. The Labute approximate surface area is 141 Å². The predicted molar refractivity (Wildman–Crippen MR) is 86.9 cm³/mol. The smallest absolute Gasteiger partial charge is 0.251 e. The highest BCUT2D eigenvalue weighted by Crippen LogP contribution is 2.35.